The van der Waals surface area contributed by atoms with E-state index in [-0.39, 0.29) is 29.6 Å². The van der Waals surface area contributed by atoms with E-state index in [9.17, 15) is 13.6 Å². The zero-order valence-electron chi connectivity index (χ0n) is 9.96. The van der Waals surface area contributed by atoms with Gasteiger partial charge < -0.3 is 4.74 Å². The van der Waals surface area contributed by atoms with Crippen LogP contribution >= 0.6 is 0 Å². The van der Waals surface area contributed by atoms with E-state index in [1.807, 2.05) is 0 Å². The molecule has 1 atom stereocenters. The normalized spacial score (nSPS) is 19.2. The molecule has 1 aliphatic heterocycles. The first-order valence-corrected chi connectivity index (χ1v) is 5.43. The van der Waals surface area contributed by atoms with Crippen molar-refractivity contribution in [3.63, 3.8) is 0 Å². The quantitative estimate of drug-likeness (QED) is 0.875. The molecule has 0 saturated carbocycles. The van der Waals surface area contributed by atoms with Crippen molar-refractivity contribution in [1.82, 2.24) is 5.43 Å². The van der Waals surface area contributed by atoms with Crippen LogP contribution in [0.3, 0.4) is 0 Å². The fourth-order valence-corrected chi connectivity index (χ4v) is 1.87. The van der Waals surface area contributed by atoms with E-state index in [2.05, 4.69) is 15.3 Å². The first-order valence-electron chi connectivity index (χ1n) is 5.43. The highest BCUT2D eigenvalue weighted by Crippen LogP contribution is 2.26. The summed E-state index contributed by atoms with van der Waals surface area (Å²) in [6.45, 7) is 1.74. The third-order valence-electron chi connectivity index (χ3n) is 2.80. The van der Waals surface area contributed by atoms with Gasteiger partial charge in [0.15, 0.2) is 11.6 Å². The molecule has 1 heterocycles. The van der Waals surface area contributed by atoms with Crippen LogP contribution in [0.25, 0.3) is 0 Å². The number of hydrazone groups is 1. The minimum absolute atomic E-state index is 0.0424. The van der Waals surface area contributed by atoms with E-state index >= 15 is 0 Å². The smallest absolute Gasteiger partial charge is 0.240 e. The number of amides is 1. The number of halogens is 2. The highest BCUT2D eigenvalue weighted by atomic mass is 19.2. The summed E-state index contributed by atoms with van der Waals surface area (Å²) in [7, 11) is 1.26. The summed E-state index contributed by atoms with van der Waals surface area (Å²) in [4.78, 5) is 11.1. The fraction of sp³-hybridized carbons (Fsp3) is 0.333. The lowest BCUT2D eigenvalue weighted by molar-refractivity contribution is -0.121. The van der Waals surface area contributed by atoms with Crippen molar-refractivity contribution in [2.24, 2.45) is 11.0 Å². The second kappa shape index (κ2) is 4.72. The number of hydrogen-bond acceptors (Lipinski definition) is 3. The SMILES string of the molecule is COc1ccc(C2=NNC(=O)CC2C)c(F)c1F. The van der Waals surface area contributed by atoms with Crippen LogP contribution in [-0.2, 0) is 4.79 Å². The molecule has 0 fully saturated rings. The van der Waals surface area contributed by atoms with Crippen LogP contribution < -0.4 is 10.2 Å². The van der Waals surface area contributed by atoms with Gasteiger partial charge in [-0.25, -0.2) is 9.82 Å². The van der Waals surface area contributed by atoms with Gasteiger partial charge in [0, 0.05) is 17.9 Å². The highest BCUT2D eigenvalue weighted by Gasteiger charge is 2.26. The molecule has 2 rings (SSSR count). The van der Waals surface area contributed by atoms with E-state index < -0.39 is 11.6 Å². The topological polar surface area (TPSA) is 50.7 Å². The number of methoxy groups -OCH3 is 1. The Balaban J connectivity index is 2.46. The van der Waals surface area contributed by atoms with Crippen LogP contribution in [0.4, 0.5) is 8.78 Å². The largest absolute Gasteiger partial charge is 0.494 e. The first kappa shape index (κ1) is 12.5. The molecule has 0 spiro atoms. The average Bonchev–Trinajstić information content (AvgIpc) is 2.34. The van der Waals surface area contributed by atoms with Crippen LogP contribution in [0.2, 0.25) is 0 Å². The fourth-order valence-electron chi connectivity index (χ4n) is 1.87. The van der Waals surface area contributed by atoms with Crippen LogP contribution in [0.1, 0.15) is 18.9 Å². The zero-order chi connectivity index (χ0) is 13.3. The molecular weight excluding hydrogens is 242 g/mol. The van der Waals surface area contributed by atoms with E-state index in [4.69, 9.17) is 0 Å². The summed E-state index contributed by atoms with van der Waals surface area (Å²) in [5, 5.41) is 3.79. The van der Waals surface area contributed by atoms with E-state index in [1.54, 1.807) is 6.92 Å². The molecule has 4 nitrogen and oxygen atoms in total. The summed E-state index contributed by atoms with van der Waals surface area (Å²) < 4.78 is 32.1. The monoisotopic (exact) mass is 254 g/mol. The molecular formula is C12H12F2N2O2. The van der Waals surface area contributed by atoms with Gasteiger partial charge in [-0.15, -0.1) is 0 Å². The van der Waals surface area contributed by atoms with Gasteiger partial charge in [0.25, 0.3) is 0 Å². The molecule has 0 bridgehead atoms. The molecule has 0 aromatic heterocycles. The minimum Gasteiger partial charge on any atom is -0.494 e. The summed E-state index contributed by atoms with van der Waals surface area (Å²) in [6.07, 6.45) is 0.200. The van der Waals surface area contributed by atoms with Crippen molar-refractivity contribution in [3.8, 4) is 5.75 Å². The number of rotatable bonds is 2. The summed E-state index contributed by atoms with van der Waals surface area (Å²) in [5.41, 5.74) is 2.63. The Morgan fingerprint density at radius 3 is 2.72 bits per heavy atom. The molecule has 1 amide bonds. The Morgan fingerprint density at radius 2 is 2.11 bits per heavy atom. The second-order valence-electron chi connectivity index (χ2n) is 4.08. The van der Waals surface area contributed by atoms with Gasteiger partial charge in [0.2, 0.25) is 11.7 Å². The van der Waals surface area contributed by atoms with E-state index in [0.29, 0.717) is 5.71 Å². The Morgan fingerprint density at radius 1 is 1.39 bits per heavy atom. The molecule has 1 unspecified atom stereocenters. The predicted molar refractivity (Wildman–Crippen MR) is 61.4 cm³/mol. The van der Waals surface area contributed by atoms with Crippen LogP contribution in [0.15, 0.2) is 17.2 Å². The van der Waals surface area contributed by atoms with Crippen LogP contribution in [-0.4, -0.2) is 18.7 Å². The number of nitrogens with one attached hydrogen (secondary N) is 1. The number of carbonyl (C=O) groups is 1. The van der Waals surface area contributed by atoms with Crippen molar-refractivity contribution >= 4 is 11.6 Å². The van der Waals surface area contributed by atoms with Gasteiger partial charge >= 0.3 is 0 Å². The maximum absolute atomic E-state index is 13.9. The van der Waals surface area contributed by atoms with Gasteiger partial charge in [-0.05, 0) is 12.1 Å². The van der Waals surface area contributed by atoms with Gasteiger partial charge in [-0.1, -0.05) is 6.92 Å². The Labute approximate surface area is 103 Å². The Bertz CT molecular complexity index is 529. The first-order chi connectivity index (χ1) is 8.54. The molecule has 0 radical (unpaired) electrons. The lowest BCUT2D eigenvalue weighted by Gasteiger charge is -2.19. The summed E-state index contributed by atoms with van der Waals surface area (Å²) in [5.74, 6) is -2.73. The van der Waals surface area contributed by atoms with E-state index in [0.717, 1.165) is 0 Å². The maximum atomic E-state index is 13.9. The Hall–Kier alpha value is -1.98. The molecule has 0 aliphatic carbocycles. The average molecular weight is 254 g/mol. The molecule has 0 saturated heterocycles. The van der Waals surface area contributed by atoms with Gasteiger partial charge in [0.1, 0.15) is 0 Å². The van der Waals surface area contributed by atoms with Crippen molar-refractivity contribution < 1.29 is 18.3 Å². The number of nitrogens with zero attached hydrogens (tertiary/aromatic N) is 1. The number of ether oxygens (including phenoxy) is 1. The van der Waals surface area contributed by atoms with Gasteiger partial charge in [-0.2, -0.15) is 9.49 Å². The third kappa shape index (κ3) is 2.05. The Kier molecular flexibility index (Phi) is 3.27. The lowest BCUT2D eigenvalue weighted by Crippen LogP contribution is -2.32. The van der Waals surface area contributed by atoms with Gasteiger partial charge in [-0.3, -0.25) is 4.79 Å². The summed E-state index contributed by atoms with van der Waals surface area (Å²) in [6, 6.07) is 2.73. The van der Waals surface area contributed by atoms with Crippen LogP contribution in [0, 0.1) is 17.6 Å². The van der Waals surface area contributed by atoms with Crippen molar-refractivity contribution in [1.29, 1.82) is 0 Å². The number of hydrogen-bond donors (Lipinski definition) is 1. The van der Waals surface area contributed by atoms with E-state index in [1.165, 1.54) is 19.2 Å². The molecule has 1 aromatic rings. The maximum Gasteiger partial charge on any atom is 0.240 e. The minimum atomic E-state index is -1.05. The molecule has 1 aliphatic rings. The third-order valence-corrected chi connectivity index (χ3v) is 2.80. The molecule has 1 N–H and O–H groups in total. The van der Waals surface area contributed by atoms with Crippen molar-refractivity contribution in [2.45, 2.75) is 13.3 Å². The standard InChI is InChI=1S/C12H12F2N2O2/c1-6-5-9(17)15-16-12(6)7-3-4-8(18-2)11(14)10(7)13/h3-4,6H,5H2,1-2H3,(H,15,17). The van der Waals surface area contributed by atoms with Crippen molar-refractivity contribution in [3.05, 3.63) is 29.3 Å². The molecule has 18 heavy (non-hydrogen) atoms. The second-order valence-corrected chi connectivity index (χ2v) is 4.08. The highest BCUT2D eigenvalue weighted by molar-refractivity contribution is 6.05. The van der Waals surface area contributed by atoms with Gasteiger partial charge in [0.05, 0.1) is 12.8 Å². The number of carbonyl (C=O) groups excluding carboxylic acids is 1. The molecule has 96 valence electrons. The number of benzene rings is 1. The predicted octanol–water partition coefficient (Wildman–Crippen LogP) is 1.83. The molecule has 6 heteroatoms. The lowest BCUT2D eigenvalue weighted by atomic mass is 9.93. The summed E-state index contributed by atoms with van der Waals surface area (Å²) >= 11 is 0. The molecule has 1 aromatic carbocycles. The zero-order valence-corrected chi connectivity index (χ0v) is 9.96. The van der Waals surface area contributed by atoms with Crippen molar-refractivity contribution in [2.75, 3.05) is 7.11 Å². The van der Waals surface area contributed by atoms with Crippen LogP contribution in [0.5, 0.6) is 5.75 Å².